The van der Waals surface area contributed by atoms with Crippen LogP contribution in [0.3, 0.4) is 0 Å². The number of anilines is 1. The van der Waals surface area contributed by atoms with Crippen molar-refractivity contribution >= 4 is 21.6 Å². The molecule has 1 aliphatic carbocycles. The highest BCUT2D eigenvalue weighted by atomic mass is 79.9. The van der Waals surface area contributed by atoms with Crippen molar-refractivity contribution in [2.75, 3.05) is 12.4 Å². The van der Waals surface area contributed by atoms with Crippen LogP contribution in [0.5, 0.6) is 5.75 Å². The summed E-state index contributed by atoms with van der Waals surface area (Å²) < 4.78 is 6.35. The summed E-state index contributed by atoms with van der Waals surface area (Å²) in [5.74, 6) is 0.896. The van der Waals surface area contributed by atoms with Gasteiger partial charge in [-0.15, -0.1) is 0 Å². The first-order valence-electron chi connectivity index (χ1n) is 6.10. The smallest absolute Gasteiger partial charge is 0.121 e. The van der Waals surface area contributed by atoms with Gasteiger partial charge in [-0.1, -0.05) is 13.8 Å². The predicted molar refractivity (Wildman–Crippen MR) is 75.7 cm³/mol. The van der Waals surface area contributed by atoms with Gasteiger partial charge in [0.05, 0.1) is 12.8 Å². The summed E-state index contributed by atoms with van der Waals surface area (Å²) in [6, 6.07) is 6.62. The second kappa shape index (κ2) is 4.89. The van der Waals surface area contributed by atoms with E-state index >= 15 is 0 Å². The summed E-state index contributed by atoms with van der Waals surface area (Å²) in [5, 5.41) is 3.61. The first-order chi connectivity index (χ1) is 8.00. The van der Waals surface area contributed by atoms with Gasteiger partial charge in [0.2, 0.25) is 0 Å². The highest BCUT2D eigenvalue weighted by molar-refractivity contribution is 9.10. The molecule has 0 amide bonds. The summed E-state index contributed by atoms with van der Waals surface area (Å²) in [7, 11) is 1.70. The highest BCUT2D eigenvalue weighted by Crippen LogP contribution is 2.39. The lowest BCUT2D eigenvalue weighted by Crippen LogP contribution is -2.17. The molecule has 2 nitrogen and oxygen atoms in total. The van der Waals surface area contributed by atoms with Gasteiger partial charge in [-0.25, -0.2) is 0 Å². The van der Waals surface area contributed by atoms with E-state index in [1.54, 1.807) is 7.11 Å². The zero-order chi connectivity index (χ0) is 12.5. The molecule has 1 aromatic rings. The Morgan fingerprint density at radius 3 is 2.76 bits per heavy atom. The number of rotatable bonds is 3. The van der Waals surface area contributed by atoms with E-state index in [2.05, 4.69) is 41.2 Å². The van der Waals surface area contributed by atoms with Crippen molar-refractivity contribution in [1.82, 2.24) is 0 Å². The number of benzene rings is 1. The van der Waals surface area contributed by atoms with Gasteiger partial charge in [-0.3, -0.25) is 0 Å². The number of halogens is 1. The second-order valence-corrected chi connectivity index (χ2v) is 6.45. The van der Waals surface area contributed by atoms with Crippen LogP contribution in [-0.4, -0.2) is 13.2 Å². The van der Waals surface area contributed by atoms with Crippen molar-refractivity contribution in [2.24, 2.45) is 5.41 Å². The van der Waals surface area contributed by atoms with Crippen molar-refractivity contribution < 1.29 is 4.74 Å². The fourth-order valence-corrected chi connectivity index (χ4v) is 2.88. The van der Waals surface area contributed by atoms with E-state index in [-0.39, 0.29) is 0 Å². The summed E-state index contributed by atoms with van der Waals surface area (Å²) in [6.45, 7) is 4.69. The third-order valence-electron chi connectivity index (χ3n) is 3.50. The van der Waals surface area contributed by atoms with E-state index in [0.29, 0.717) is 11.5 Å². The molecule has 1 fully saturated rings. The maximum atomic E-state index is 5.25. The average molecular weight is 298 g/mol. The van der Waals surface area contributed by atoms with Gasteiger partial charge >= 0.3 is 0 Å². The van der Waals surface area contributed by atoms with Gasteiger partial charge in [-0.05, 0) is 52.7 Å². The van der Waals surface area contributed by atoms with E-state index in [9.17, 15) is 0 Å². The molecule has 1 N–H and O–H groups in total. The van der Waals surface area contributed by atoms with Crippen LogP contribution in [0.15, 0.2) is 22.7 Å². The number of ether oxygens (including phenoxy) is 1. The topological polar surface area (TPSA) is 21.3 Å². The van der Waals surface area contributed by atoms with Crippen LogP contribution < -0.4 is 10.1 Å². The van der Waals surface area contributed by atoms with Crippen molar-refractivity contribution in [2.45, 2.75) is 39.2 Å². The third-order valence-corrected chi connectivity index (χ3v) is 4.19. The monoisotopic (exact) mass is 297 g/mol. The summed E-state index contributed by atoms with van der Waals surface area (Å²) in [6.07, 6.45) is 3.78. The van der Waals surface area contributed by atoms with Gasteiger partial charge in [0.1, 0.15) is 5.75 Å². The van der Waals surface area contributed by atoms with E-state index < -0.39 is 0 Å². The minimum Gasteiger partial charge on any atom is -0.497 e. The molecule has 0 aromatic heterocycles. The highest BCUT2D eigenvalue weighted by Gasteiger charge is 2.30. The number of nitrogens with one attached hydrogen (secondary N) is 1. The predicted octanol–water partition coefficient (Wildman–Crippen LogP) is 4.45. The molecule has 94 valence electrons. The van der Waals surface area contributed by atoms with E-state index in [4.69, 9.17) is 4.74 Å². The SMILES string of the molecule is COc1ccc(Br)c(NC2CCC(C)(C)C2)c1. The number of hydrogen-bond donors (Lipinski definition) is 1. The van der Waals surface area contributed by atoms with E-state index in [1.165, 1.54) is 19.3 Å². The maximum Gasteiger partial charge on any atom is 0.121 e. The Morgan fingerprint density at radius 2 is 2.18 bits per heavy atom. The quantitative estimate of drug-likeness (QED) is 0.890. The molecule has 3 heteroatoms. The molecule has 0 bridgehead atoms. The molecule has 0 spiro atoms. The zero-order valence-corrected chi connectivity index (χ0v) is 12.3. The Morgan fingerprint density at radius 1 is 1.41 bits per heavy atom. The molecule has 0 radical (unpaired) electrons. The van der Waals surface area contributed by atoms with Gasteiger partial charge in [0.15, 0.2) is 0 Å². The van der Waals surface area contributed by atoms with Crippen LogP contribution in [0.2, 0.25) is 0 Å². The van der Waals surface area contributed by atoms with Gasteiger partial charge in [0.25, 0.3) is 0 Å². The van der Waals surface area contributed by atoms with Crippen LogP contribution in [-0.2, 0) is 0 Å². The number of methoxy groups -OCH3 is 1. The lowest BCUT2D eigenvalue weighted by Gasteiger charge is -2.19. The second-order valence-electron chi connectivity index (χ2n) is 5.59. The lowest BCUT2D eigenvalue weighted by molar-refractivity contribution is 0.378. The molecule has 0 saturated heterocycles. The molecule has 0 aliphatic heterocycles. The molecule has 0 heterocycles. The van der Waals surface area contributed by atoms with Crippen molar-refractivity contribution in [1.29, 1.82) is 0 Å². The van der Waals surface area contributed by atoms with E-state index in [0.717, 1.165) is 15.9 Å². The summed E-state index contributed by atoms with van der Waals surface area (Å²) in [5.41, 5.74) is 1.61. The third kappa shape index (κ3) is 3.15. The summed E-state index contributed by atoms with van der Waals surface area (Å²) >= 11 is 3.58. The Labute approximate surface area is 112 Å². The van der Waals surface area contributed by atoms with E-state index in [1.807, 2.05) is 12.1 Å². The van der Waals surface area contributed by atoms with Crippen molar-refractivity contribution in [3.05, 3.63) is 22.7 Å². The molecular formula is C14H20BrNO. The van der Waals surface area contributed by atoms with Crippen LogP contribution in [0, 0.1) is 5.41 Å². The van der Waals surface area contributed by atoms with Crippen LogP contribution in [0.25, 0.3) is 0 Å². The fourth-order valence-electron chi connectivity index (χ4n) is 2.52. The Balaban J connectivity index is 2.08. The normalized spacial score (nSPS) is 22.5. The Hall–Kier alpha value is -0.700. The van der Waals surface area contributed by atoms with Gasteiger partial charge in [-0.2, -0.15) is 0 Å². The number of hydrogen-bond acceptors (Lipinski definition) is 2. The standard InChI is InChI=1S/C14H20BrNO/c1-14(2)7-6-10(9-14)16-13-8-11(17-3)4-5-12(13)15/h4-5,8,10,16H,6-7,9H2,1-3H3. The van der Waals surface area contributed by atoms with Crippen molar-refractivity contribution in [3.63, 3.8) is 0 Å². The van der Waals surface area contributed by atoms with Gasteiger partial charge in [0, 0.05) is 16.6 Å². The average Bonchev–Trinajstić information content (AvgIpc) is 2.61. The molecule has 2 rings (SSSR count). The molecule has 1 aliphatic rings. The molecule has 17 heavy (non-hydrogen) atoms. The Bertz CT molecular complexity index is 403. The van der Waals surface area contributed by atoms with Crippen LogP contribution in [0.4, 0.5) is 5.69 Å². The first-order valence-corrected chi connectivity index (χ1v) is 6.89. The minimum atomic E-state index is 0.475. The van der Waals surface area contributed by atoms with Crippen LogP contribution >= 0.6 is 15.9 Å². The molecule has 1 saturated carbocycles. The summed E-state index contributed by atoms with van der Waals surface area (Å²) in [4.78, 5) is 0. The Kier molecular flexibility index (Phi) is 3.67. The first kappa shape index (κ1) is 12.7. The molecule has 1 aromatic carbocycles. The molecular weight excluding hydrogens is 278 g/mol. The zero-order valence-electron chi connectivity index (χ0n) is 10.7. The van der Waals surface area contributed by atoms with Gasteiger partial charge < -0.3 is 10.1 Å². The molecule has 1 unspecified atom stereocenters. The van der Waals surface area contributed by atoms with Crippen molar-refractivity contribution in [3.8, 4) is 5.75 Å². The molecule has 1 atom stereocenters. The lowest BCUT2D eigenvalue weighted by atomic mass is 9.92. The maximum absolute atomic E-state index is 5.25. The minimum absolute atomic E-state index is 0.475. The largest absolute Gasteiger partial charge is 0.497 e. The fraction of sp³-hybridized carbons (Fsp3) is 0.571. The van der Waals surface area contributed by atoms with Crippen LogP contribution in [0.1, 0.15) is 33.1 Å².